The molecule has 0 fully saturated rings. The Bertz CT molecular complexity index is 1230. The molecule has 0 aliphatic heterocycles. The molecule has 8 nitrogen and oxygen atoms in total. The number of amides is 1. The number of hydrogen-bond donors (Lipinski definition) is 1. The zero-order valence-corrected chi connectivity index (χ0v) is 16.0. The van der Waals surface area contributed by atoms with Crippen LogP contribution in [0.3, 0.4) is 0 Å². The molecule has 0 unspecified atom stereocenters. The molecule has 0 bridgehead atoms. The highest BCUT2D eigenvalue weighted by atomic mass is 19.4. The molecule has 3 rings (SSSR count). The minimum Gasteiger partial charge on any atom is -0.493 e. The third kappa shape index (κ3) is 3.91. The number of nitrogens with zero attached hydrogens (tertiary/aromatic N) is 3. The number of ether oxygens (including phenoxy) is 1. The molecule has 2 aromatic heterocycles. The van der Waals surface area contributed by atoms with E-state index < -0.39 is 41.1 Å². The van der Waals surface area contributed by atoms with E-state index in [9.17, 15) is 27.6 Å². The van der Waals surface area contributed by atoms with Gasteiger partial charge in [0, 0.05) is 13.2 Å². The number of rotatable bonds is 5. The number of carbonyl (C=O) groups is 1. The van der Waals surface area contributed by atoms with Gasteiger partial charge in [0.2, 0.25) is 5.91 Å². The first-order chi connectivity index (χ1) is 14.1. The molecule has 3 aromatic rings. The molecule has 1 amide bonds. The second-order valence-corrected chi connectivity index (χ2v) is 6.27. The van der Waals surface area contributed by atoms with E-state index in [0.29, 0.717) is 4.57 Å². The number of para-hydroxylation sites is 1. The number of aromatic nitrogens is 3. The first-order valence-electron chi connectivity index (χ1n) is 8.82. The van der Waals surface area contributed by atoms with E-state index in [-0.39, 0.29) is 23.4 Å². The van der Waals surface area contributed by atoms with Gasteiger partial charge < -0.3 is 10.1 Å². The molecule has 0 saturated carbocycles. The molecule has 0 saturated heterocycles. The van der Waals surface area contributed by atoms with Crippen molar-refractivity contribution in [1.82, 2.24) is 14.1 Å². The Morgan fingerprint density at radius 3 is 2.57 bits per heavy atom. The van der Waals surface area contributed by atoms with Crippen LogP contribution in [0.1, 0.15) is 12.5 Å². The van der Waals surface area contributed by atoms with Crippen LogP contribution in [0.2, 0.25) is 0 Å². The van der Waals surface area contributed by atoms with E-state index in [1.807, 2.05) is 0 Å². The lowest BCUT2D eigenvalue weighted by Crippen LogP contribution is -2.42. The molecule has 0 radical (unpaired) electrons. The van der Waals surface area contributed by atoms with Crippen molar-refractivity contribution in [2.45, 2.75) is 19.6 Å². The van der Waals surface area contributed by atoms with Gasteiger partial charge in [0.05, 0.1) is 17.9 Å². The van der Waals surface area contributed by atoms with Crippen LogP contribution in [-0.2, 0) is 24.6 Å². The predicted molar refractivity (Wildman–Crippen MR) is 102 cm³/mol. The Balaban J connectivity index is 2.03. The van der Waals surface area contributed by atoms with Crippen LogP contribution in [0.4, 0.5) is 18.9 Å². The summed E-state index contributed by atoms with van der Waals surface area (Å²) in [5, 5.41) is 2.10. The van der Waals surface area contributed by atoms with Crippen LogP contribution in [0.25, 0.3) is 11.0 Å². The highest BCUT2D eigenvalue weighted by Crippen LogP contribution is 2.34. The molecule has 0 spiro atoms. The van der Waals surface area contributed by atoms with Crippen LogP contribution in [0.5, 0.6) is 5.75 Å². The second kappa shape index (κ2) is 8.01. The Hall–Kier alpha value is -3.63. The van der Waals surface area contributed by atoms with Crippen LogP contribution in [0.15, 0.2) is 46.1 Å². The van der Waals surface area contributed by atoms with Crippen LogP contribution < -0.4 is 21.3 Å². The fourth-order valence-corrected chi connectivity index (χ4v) is 2.97. The maximum atomic E-state index is 13.1. The van der Waals surface area contributed by atoms with E-state index in [4.69, 9.17) is 4.74 Å². The Morgan fingerprint density at radius 1 is 1.20 bits per heavy atom. The number of carbonyl (C=O) groups excluding carboxylic acids is 1. The van der Waals surface area contributed by atoms with Crippen molar-refractivity contribution in [3.8, 4) is 5.75 Å². The average molecular weight is 422 g/mol. The number of halogens is 3. The topological polar surface area (TPSA) is 95.2 Å². The van der Waals surface area contributed by atoms with Gasteiger partial charge in [-0.1, -0.05) is 12.1 Å². The number of aryl methyl sites for hydroxylation is 1. The summed E-state index contributed by atoms with van der Waals surface area (Å²) in [7, 11) is 1.36. The van der Waals surface area contributed by atoms with Gasteiger partial charge in [-0.25, -0.2) is 14.3 Å². The molecule has 0 aliphatic rings. The lowest BCUT2D eigenvalue weighted by atomic mass is 10.1. The summed E-state index contributed by atoms with van der Waals surface area (Å²) < 4.78 is 46.5. The molecule has 0 atom stereocenters. The third-order valence-corrected chi connectivity index (χ3v) is 4.30. The molecule has 11 heteroatoms. The molecule has 2 heterocycles. The Labute approximate surface area is 167 Å². The minimum absolute atomic E-state index is 0.00931. The zero-order chi connectivity index (χ0) is 22.1. The van der Waals surface area contributed by atoms with Gasteiger partial charge in [0.1, 0.15) is 17.7 Å². The maximum absolute atomic E-state index is 13.1. The summed E-state index contributed by atoms with van der Waals surface area (Å²) in [4.78, 5) is 41.9. The van der Waals surface area contributed by atoms with Crippen molar-refractivity contribution in [1.29, 1.82) is 0 Å². The molecular formula is C19H17F3N4O4. The Kier molecular flexibility index (Phi) is 5.63. The van der Waals surface area contributed by atoms with E-state index in [1.54, 1.807) is 6.92 Å². The highest BCUT2D eigenvalue weighted by molar-refractivity contribution is 5.91. The smallest absolute Gasteiger partial charge is 0.418 e. The van der Waals surface area contributed by atoms with Gasteiger partial charge in [-0.15, -0.1) is 0 Å². The first kappa shape index (κ1) is 21.1. The SMILES string of the molecule is CCOc1ccnc2c1c(=O)n(CC(=O)Nc1ccccc1C(F)(F)F)c(=O)n2C. The maximum Gasteiger partial charge on any atom is 0.418 e. The third-order valence-electron chi connectivity index (χ3n) is 4.30. The number of nitrogens with one attached hydrogen (secondary N) is 1. The number of fused-ring (bicyclic) bond motifs is 1. The number of anilines is 1. The number of alkyl halides is 3. The van der Waals surface area contributed by atoms with Crippen LogP contribution in [-0.4, -0.2) is 26.6 Å². The minimum atomic E-state index is -4.68. The van der Waals surface area contributed by atoms with Gasteiger partial charge in [-0.05, 0) is 25.1 Å². The highest BCUT2D eigenvalue weighted by Gasteiger charge is 2.33. The van der Waals surface area contributed by atoms with Gasteiger partial charge in [0.15, 0.2) is 5.65 Å². The van der Waals surface area contributed by atoms with Crippen molar-refractivity contribution in [2.75, 3.05) is 11.9 Å². The second-order valence-electron chi connectivity index (χ2n) is 6.27. The molecule has 0 aliphatic carbocycles. The Morgan fingerprint density at radius 2 is 1.90 bits per heavy atom. The van der Waals surface area contributed by atoms with E-state index >= 15 is 0 Å². The molecule has 30 heavy (non-hydrogen) atoms. The van der Waals surface area contributed by atoms with Crippen molar-refractivity contribution < 1.29 is 22.7 Å². The zero-order valence-electron chi connectivity index (χ0n) is 16.0. The van der Waals surface area contributed by atoms with Crippen LogP contribution >= 0.6 is 0 Å². The number of benzene rings is 1. The monoisotopic (exact) mass is 422 g/mol. The normalized spacial score (nSPS) is 11.5. The van der Waals surface area contributed by atoms with Gasteiger partial charge in [0.25, 0.3) is 5.56 Å². The van der Waals surface area contributed by atoms with E-state index in [1.165, 1.54) is 31.4 Å². The average Bonchev–Trinajstić information content (AvgIpc) is 2.69. The number of hydrogen-bond acceptors (Lipinski definition) is 5. The summed E-state index contributed by atoms with van der Waals surface area (Å²) in [6.07, 6.45) is -3.31. The van der Waals surface area contributed by atoms with Crippen molar-refractivity contribution >= 4 is 22.6 Å². The predicted octanol–water partition coefficient (Wildman–Crippen LogP) is 2.15. The van der Waals surface area contributed by atoms with Crippen molar-refractivity contribution in [3.05, 3.63) is 62.9 Å². The van der Waals surface area contributed by atoms with Crippen molar-refractivity contribution in [2.24, 2.45) is 7.05 Å². The fourth-order valence-electron chi connectivity index (χ4n) is 2.97. The lowest BCUT2D eigenvalue weighted by molar-refractivity contribution is -0.137. The summed E-state index contributed by atoms with van der Waals surface area (Å²) in [6, 6.07) is 5.86. The van der Waals surface area contributed by atoms with Gasteiger partial charge in [-0.2, -0.15) is 13.2 Å². The lowest BCUT2D eigenvalue weighted by Gasteiger charge is -2.15. The summed E-state index contributed by atoms with van der Waals surface area (Å²) in [5.74, 6) is -0.785. The fraction of sp³-hybridized carbons (Fsp3) is 0.263. The molecule has 158 valence electrons. The quantitative estimate of drug-likeness (QED) is 0.680. The summed E-state index contributed by atoms with van der Waals surface area (Å²) >= 11 is 0. The summed E-state index contributed by atoms with van der Waals surface area (Å²) in [6.45, 7) is 1.17. The standard InChI is InChI=1S/C19H17F3N4O4/c1-3-30-13-8-9-23-16-15(13)17(28)26(18(29)25(16)2)10-14(27)24-12-7-5-4-6-11(12)19(20,21)22/h4-9H,3,10H2,1-2H3,(H,24,27). The number of pyridine rings is 1. The summed E-state index contributed by atoms with van der Waals surface area (Å²) in [5.41, 5.74) is -3.12. The van der Waals surface area contributed by atoms with Gasteiger partial charge in [-0.3, -0.25) is 14.2 Å². The van der Waals surface area contributed by atoms with E-state index in [2.05, 4.69) is 10.3 Å². The molecular weight excluding hydrogens is 405 g/mol. The largest absolute Gasteiger partial charge is 0.493 e. The van der Waals surface area contributed by atoms with Crippen LogP contribution in [0, 0.1) is 0 Å². The molecule has 1 N–H and O–H groups in total. The molecule has 1 aromatic carbocycles. The van der Waals surface area contributed by atoms with Gasteiger partial charge >= 0.3 is 11.9 Å². The first-order valence-corrected chi connectivity index (χ1v) is 8.82. The van der Waals surface area contributed by atoms with E-state index in [0.717, 1.165) is 16.7 Å². The van der Waals surface area contributed by atoms with Crippen molar-refractivity contribution in [3.63, 3.8) is 0 Å².